The molecule has 12 heteroatoms. The number of hydrogen-bond donors (Lipinski definition) is 3. The molecular weight excluding hydrogens is 608 g/mol. The van der Waals surface area contributed by atoms with E-state index in [1.807, 2.05) is 22.6 Å². The number of nitrogens with one attached hydrogen (secondary N) is 1. The van der Waals surface area contributed by atoms with Crippen LogP contribution < -0.4 is 27.9 Å². The molecule has 0 saturated heterocycles. The number of pyridine rings is 1. The summed E-state index contributed by atoms with van der Waals surface area (Å²) in [6.07, 6.45) is 1.41. The lowest BCUT2D eigenvalue weighted by atomic mass is 10.1. The summed E-state index contributed by atoms with van der Waals surface area (Å²) in [5.41, 5.74) is 5.89. The van der Waals surface area contributed by atoms with Crippen molar-refractivity contribution in [1.82, 2.24) is 13.7 Å². The van der Waals surface area contributed by atoms with Crippen LogP contribution in [0.5, 0.6) is 0 Å². The second-order valence-corrected chi connectivity index (χ2v) is 10.2. The van der Waals surface area contributed by atoms with Gasteiger partial charge in [0.1, 0.15) is 17.0 Å². The predicted molar refractivity (Wildman–Crippen MR) is 152 cm³/mol. The normalized spacial score (nSPS) is 12.7. The van der Waals surface area contributed by atoms with Crippen LogP contribution in [-0.2, 0) is 11.8 Å². The minimum absolute atomic E-state index is 0.111. The zero-order chi connectivity index (χ0) is 27.9. The number of fused-ring (bicyclic) bond motifs is 1. The van der Waals surface area contributed by atoms with Gasteiger partial charge >= 0.3 is 5.69 Å². The molecule has 0 atom stereocenters. The van der Waals surface area contributed by atoms with Crippen LogP contribution in [0.4, 0.5) is 21.6 Å². The van der Waals surface area contributed by atoms with Crippen LogP contribution in [0.1, 0.15) is 31.4 Å². The lowest BCUT2D eigenvalue weighted by molar-refractivity contribution is -0.134. The fraction of sp³-hybridized carbons (Fsp3) is 0.231. The van der Waals surface area contributed by atoms with Gasteiger partial charge < -0.3 is 16.2 Å². The highest BCUT2D eigenvalue weighted by molar-refractivity contribution is 14.1. The van der Waals surface area contributed by atoms with E-state index >= 15 is 0 Å². The quantitative estimate of drug-likeness (QED) is 0.230. The summed E-state index contributed by atoms with van der Waals surface area (Å²) < 4.78 is 19.3. The molecule has 2 aromatic carbocycles. The average Bonchev–Trinajstić information content (AvgIpc) is 3.66. The summed E-state index contributed by atoms with van der Waals surface area (Å²) in [6.45, 7) is 2.66. The van der Waals surface area contributed by atoms with Crippen molar-refractivity contribution in [3.63, 3.8) is 0 Å². The Balaban J connectivity index is 0.000000786. The Bertz CT molecular complexity index is 1770. The first kappa shape index (κ1) is 27.1. The predicted octanol–water partition coefficient (Wildman–Crippen LogP) is 3.65. The number of aryl methyl sites for hydroxylation is 1. The number of aliphatic carboxylic acids is 1. The number of nitrogens with zero attached hydrogens (tertiary/aromatic N) is 3. The molecule has 0 amide bonds. The van der Waals surface area contributed by atoms with E-state index in [0.717, 1.165) is 6.92 Å². The number of hydrogen-bond acceptors (Lipinski definition) is 6. The topological polar surface area (TPSA) is 141 Å². The molecule has 0 unspecified atom stereocenters. The fourth-order valence-electron chi connectivity index (χ4n) is 4.24. The number of benzene rings is 2. The number of aromatic nitrogens is 3. The van der Waals surface area contributed by atoms with Gasteiger partial charge in [0.15, 0.2) is 0 Å². The maximum atomic E-state index is 14.7. The molecule has 4 aromatic rings. The van der Waals surface area contributed by atoms with E-state index in [2.05, 4.69) is 5.32 Å². The van der Waals surface area contributed by atoms with Gasteiger partial charge in [0.2, 0.25) is 0 Å². The molecule has 38 heavy (non-hydrogen) atoms. The molecule has 10 nitrogen and oxygen atoms in total. The highest BCUT2D eigenvalue weighted by Crippen LogP contribution is 2.34. The molecule has 1 aliphatic rings. The van der Waals surface area contributed by atoms with Crippen molar-refractivity contribution in [3.8, 4) is 5.69 Å². The number of carboxylic acid groups (broad SMARTS) is 1. The van der Waals surface area contributed by atoms with E-state index in [-0.39, 0.29) is 34.0 Å². The lowest BCUT2D eigenvalue weighted by Crippen LogP contribution is -2.41. The Kier molecular flexibility index (Phi) is 7.44. The van der Waals surface area contributed by atoms with E-state index in [4.69, 9.17) is 15.6 Å². The van der Waals surface area contributed by atoms with Crippen LogP contribution in [0.3, 0.4) is 0 Å². The molecule has 0 radical (unpaired) electrons. The van der Waals surface area contributed by atoms with Crippen molar-refractivity contribution in [2.45, 2.75) is 32.7 Å². The van der Waals surface area contributed by atoms with E-state index in [1.165, 1.54) is 26.8 Å². The third-order valence-electron chi connectivity index (χ3n) is 6.07. The summed E-state index contributed by atoms with van der Waals surface area (Å²) >= 11 is 2.00. The van der Waals surface area contributed by atoms with Gasteiger partial charge in [0.25, 0.3) is 17.1 Å². The number of nitrogen functional groups attached to an aromatic ring is 1. The highest BCUT2D eigenvalue weighted by Gasteiger charge is 2.31. The number of halogens is 2. The third kappa shape index (κ3) is 5.08. The van der Waals surface area contributed by atoms with Crippen LogP contribution >= 0.6 is 22.6 Å². The van der Waals surface area contributed by atoms with Crippen molar-refractivity contribution in [3.05, 3.63) is 88.6 Å². The van der Waals surface area contributed by atoms with Gasteiger partial charge in [0, 0.05) is 34.8 Å². The van der Waals surface area contributed by atoms with Crippen LogP contribution in [0, 0.1) is 16.3 Å². The second-order valence-electron chi connectivity index (χ2n) is 8.95. The number of anilines is 3. The number of carbonyl (C=O) groups is 1. The van der Waals surface area contributed by atoms with Gasteiger partial charge in [-0.2, -0.15) is 0 Å². The van der Waals surface area contributed by atoms with Crippen molar-refractivity contribution in [2.24, 2.45) is 7.05 Å². The number of carboxylic acids is 1. The standard InChI is InChI=1S/C24H21FIN5O3.C2H4O2/c1-12-20-19(21(29(2)22(12)32)28-18-9-6-13(26)10-17(18)25)23(33)31(15-7-8-15)24(34)30(20)16-5-3-4-14(27)11-16;1-2(3)4/h3-6,9-11,15,28H,7-8,27H2,1-2H3;1H3,(H,3,4). The zero-order valence-corrected chi connectivity index (χ0v) is 22.9. The number of nitrogens with two attached hydrogens (primary N) is 1. The van der Waals surface area contributed by atoms with Gasteiger partial charge in [-0.25, -0.2) is 9.18 Å². The zero-order valence-electron chi connectivity index (χ0n) is 20.8. The van der Waals surface area contributed by atoms with Crippen LogP contribution in [-0.4, -0.2) is 24.8 Å². The smallest absolute Gasteiger partial charge is 0.336 e. The Morgan fingerprint density at radius 3 is 2.37 bits per heavy atom. The van der Waals surface area contributed by atoms with Gasteiger partial charge in [-0.3, -0.25) is 28.1 Å². The number of rotatable bonds is 4. The summed E-state index contributed by atoms with van der Waals surface area (Å²) in [5.74, 6) is -1.25. The molecule has 0 aliphatic heterocycles. The molecule has 1 fully saturated rings. The maximum Gasteiger partial charge on any atom is 0.336 e. The van der Waals surface area contributed by atoms with Crippen LogP contribution in [0.25, 0.3) is 16.6 Å². The highest BCUT2D eigenvalue weighted by atomic mass is 127. The molecule has 0 bridgehead atoms. The molecular formula is C26H25FIN5O5. The Hall–Kier alpha value is -3.94. The second kappa shape index (κ2) is 10.4. The van der Waals surface area contributed by atoms with E-state index in [0.29, 0.717) is 27.8 Å². The van der Waals surface area contributed by atoms with Crippen molar-refractivity contribution < 1.29 is 14.3 Å². The Morgan fingerprint density at radius 2 is 1.79 bits per heavy atom. The van der Waals surface area contributed by atoms with Crippen LogP contribution in [0.2, 0.25) is 0 Å². The summed E-state index contributed by atoms with van der Waals surface area (Å²) in [7, 11) is 1.51. The molecule has 198 valence electrons. The average molecular weight is 633 g/mol. The maximum absolute atomic E-state index is 14.7. The molecule has 2 heterocycles. The summed E-state index contributed by atoms with van der Waals surface area (Å²) in [4.78, 5) is 49.5. The van der Waals surface area contributed by atoms with Crippen molar-refractivity contribution in [2.75, 3.05) is 11.1 Å². The van der Waals surface area contributed by atoms with Gasteiger partial charge in [0.05, 0.1) is 16.9 Å². The Morgan fingerprint density at radius 1 is 1.13 bits per heavy atom. The third-order valence-corrected chi connectivity index (χ3v) is 6.74. The van der Waals surface area contributed by atoms with Gasteiger partial charge in [-0.05, 0) is 78.8 Å². The molecule has 4 N–H and O–H groups in total. The van der Waals surface area contributed by atoms with E-state index < -0.39 is 28.6 Å². The Labute approximate surface area is 229 Å². The molecule has 0 spiro atoms. The molecule has 5 rings (SSSR count). The SMILES string of the molecule is CC(=O)O.Cc1c(=O)n(C)c(Nc2ccc(I)cc2F)c2c(=O)n(C3CC3)c(=O)n(-c3cccc(N)c3)c12. The fourth-order valence-corrected chi connectivity index (χ4v) is 4.69. The first-order valence-electron chi connectivity index (χ1n) is 11.6. The van der Waals surface area contributed by atoms with E-state index in [1.54, 1.807) is 43.3 Å². The molecule has 2 aromatic heterocycles. The summed E-state index contributed by atoms with van der Waals surface area (Å²) in [6, 6.07) is 11.1. The first-order chi connectivity index (χ1) is 17.9. The molecule has 1 saturated carbocycles. The lowest BCUT2D eigenvalue weighted by Gasteiger charge is -2.20. The largest absolute Gasteiger partial charge is 0.481 e. The van der Waals surface area contributed by atoms with Crippen molar-refractivity contribution >= 4 is 56.7 Å². The monoisotopic (exact) mass is 633 g/mol. The van der Waals surface area contributed by atoms with Crippen molar-refractivity contribution in [1.29, 1.82) is 0 Å². The minimum Gasteiger partial charge on any atom is -0.481 e. The first-order valence-corrected chi connectivity index (χ1v) is 12.7. The van der Waals surface area contributed by atoms with E-state index in [9.17, 15) is 18.8 Å². The van der Waals surface area contributed by atoms with Crippen LogP contribution in [0.15, 0.2) is 56.8 Å². The summed E-state index contributed by atoms with van der Waals surface area (Å²) in [5, 5.41) is 10.5. The minimum atomic E-state index is -0.833. The van der Waals surface area contributed by atoms with Gasteiger partial charge in [-0.1, -0.05) is 6.07 Å². The molecule has 1 aliphatic carbocycles. The van der Waals surface area contributed by atoms with Gasteiger partial charge in [-0.15, -0.1) is 0 Å².